The summed E-state index contributed by atoms with van der Waals surface area (Å²) in [5.41, 5.74) is 3.90. The van der Waals surface area contributed by atoms with E-state index in [1.165, 1.54) is 16.0 Å². The smallest absolute Gasteiger partial charge is 0.285 e. The molecule has 1 N–H and O–H groups in total. The number of nitrogens with one attached hydrogen (secondary N) is 1. The van der Waals surface area contributed by atoms with E-state index >= 15 is 0 Å². The lowest BCUT2D eigenvalue weighted by Crippen LogP contribution is -3.13. The maximum absolute atomic E-state index is 12.8. The average Bonchev–Trinajstić information content (AvgIpc) is 2.56. The van der Waals surface area contributed by atoms with Crippen LogP contribution in [0.5, 0.6) is 0 Å². The van der Waals surface area contributed by atoms with Gasteiger partial charge in [-0.05, 0) is 5.56 Å². The second-order valence-electron chi connectivity index (χ2n) is 6.18. The van der Waals surface area contributed by atoms with Crippen LogP contribution in [0.15, 0.2) is 54.6 Å². The average molecular weight is 295 g/mol. The summed E-state index contributed by atoms with van der Waals surface area (Å²) < 4.78 is 0. The maximum Gasteiger partial charge on any atom is 0.285 e. The molecule has 1 heterocycles. The third-order valence-electron chi connectivity index (χ3n) is 4.48. The summed E-state index contributed by atoms with van der Waals surface area (Å²) >= 11 is 0. The summed E-state index contributed by atoms with van der Waals surface area (Å²) in [5.74, 6) is 0.181. The van der Waals surface area contributed by atoms with Crippen LogP contribution in [0.2, 0.25) is 0 Å². The molecule has 114 valence electrons. The van der Waals surface area contributed by atoms with Crippen molar-refractivity contribution in [2.75, 3.05) is 20.6 Å². The molecule has 3 nitrogen and oxygen atoms in total. The summed E-state index contributed by atoms with van der Waals surface area (Å²) in [6, 6.07) is 18.6. The molecule has 0 aromatic heterocycles. The van der Waals surface area contributed by atoms with E-state index in [1.807, 2.05) is 32.3 Å². The van der Waals surface area contributed by atoms with Gasteiger partial charge in [0.25, 0.3) is 5.91 Å². The number of hydrogen-bond donors (Lipinski definition) is 1. The van der Waals surface area contributed by atoms with E-state index in [4.69, 9.17) is 0 Å². The number of hydrogen-bond acceptors (Lipinski definition) is 1. The molecule has 1 aliphatic rings. The highest BCUT2D eigenvalue weighted by atomic mass is 16.2. The predicted molar refractivity (Wildman–Crippen MR) is 87.6 cm³/mol. The summed E-state index contributed by atoms with van der Waals surface area (Å²) in [6.45, 7) is 1.91. The van der Waals surface area contributed by atoms with Crippen molar-refractivity contribution >= 4 is 5.91 Å². The summed E-state index contributed by atoms with van der Waals surface area (Å²) in [6.07, 6.45) is 1.04. The number of rotatable bonds is 3. The van der Waals surface area contributed by atoms with E-state index in [0.29, 0.717) is 0 Å². The van der Waals surface area contributed by atoms with Crippen molar-refractivity contribution in [1.29, 1.82) is 0 Å². The van der Waals surface area contributed by atoms with Gasteiger partial charge in [0.1, 0.15) is 6.54 Å². The molecule has 0 saturated heterocycles. The van der Waals surface area contributed by atoms with Gasteiger partial charge in [-0.2, -0.15) is 0 Å². The Morgan fingerprint density at radius 3 is 2.32 bits per heavy atom. The Labute approximate surface area is 132 Å². The highest BCUT2D eigenvalue weighted by Gasteiger charge is 2.34. The van der Waals surface area contributed by atoms with E-state index in [-0.39, 0.29) is 11.9 Å². The normalized spacial score (nSPS) is 18.4. The monoisotopic (exact) mass is 295 g/mol. The van der Waals surface area contributed by atoms with Gasteiger partial charge in [-0.15, -0.1) is 0 Å². The molecule has 0 aliphatic carbocycles. The van der Waals surface area contributed by atoms with Crippen molar-refractivity contribution < 1.29 is 9.69 Å². The topological polar surface area (TPSA) is 24.8 Å². The standard InChI is InChI=1S/C19H22N2O/c1-20(2)19(22)18(16-9-4-3-5-10-16)21-13-12-15-8-6-7-11-17(15)14-21/h3-11,18H,12-14H2,1-2H3/p+1/t18-/m1/s1. The van der Waals surface area contributed by atoms with Crippen molar-refractivity contribution in [3.05, 3.63) is 71.3 Å². The lowest BCUT2D eigenvalue weighted by atomic mass is 9.96. The van der Waals surface area contributed by atoms with Crippen molar-refractivity contribution in [3.8, 4) is 0 Å². The Balaban J connectivity index is 1.92. The van der Waals surface area contributed by atoms with E-state index in [9.17, 15) is 4.79 Å². The first-order chi connectivity index (χ1) is 10.7. The molecule has 0 radical (unpaired) electrons. The molecule has 1 unspecified atom stereocenters. The quantitative estimate of drug-likeness (QED) is 0.911. The molecule has 1 aliphatic heterocycles. The summed E-state index contributed by atoms with van der Waals surface area (Å²) in [7, 11) is 3.69. The van der Waals surface area contributed by atoms with Gasteiger partial charge in [0.2, 0.25) is 0 Å². The fourth-order valence-electron chi connectivity index (χ4n) is 3.31. The molecule has 3 rings (SSSR count). The van der Waals surface area contributed by atoms with Crippen LogP contribution in [0.4, 0.5) is 0 Å². The van der Waals surface area contributed by atoms with Gasteiger partial charge < -0.3 is 9.80 Å². The second kappa shape index (κ2) is 6.32. The van der Waals surface area contributed by atoms with Crippen LogP contribution >= 0.6 is 0 Å². The lowest BCUT2D eigenvalue weighted by Gasteiger charge is -2.33. The van der Waals surface area contributed by atoms with Gasteiger partial charge in [-0.3, -0.25) is 4.79 Å². The minimum absolute atomic E-state index is 0.121. The van der Waals surface area contributed by atoms with Crippen LogP contribution in [-0.2, 0) is 17.8 Å². The molecule has 0 saturated carbocycles. The Hall–Kier alpha value is -2.13. The molecule has 0 fully saturated rings. The Morgan fingerprint density at radius 2 is 1.64 bits per heavy atom. The van der Waals surface area contributed by atoms with Crippen LogP contribution in [-0.4, -0.2) is 31.4 Å². The first kappa shape index (κ1) is 14.8. The molecular formula is C19H23N2O+. The highest BCUT2D eigenvalue weighted by Crippen LogP contribution is 2.16. The second-order valence-corrected chi connectivity index (χ2v) is 6.18. The van der Waals surface area contributed by atoms with Crippen LogP contribution < -0.4 is 4.90 Å². The van der Waals surface area contributed by atoms with E-state index in [0.717, 1.165) is 25.1 Å². The number of amides is 1. The number of fused-ring (bicyclic) bond motifs is 1. The molecule has 1 amide bonds. The molecular weight excluding hydrogens is 272 g/mol. The molecule has 0 spiro atoms. The van der Waals surface area contributed by atoms with Gasteiger partial charge in [0.15, 0.2) is 6.04 Å². The van der Waals surface area contributed by atoms with Gasteiger partial charge in [0, 0.05) is 31.6 Å². The number of likely N-dealkylation sites (N-methyl/N-ethyl adjacent to an activating group) is 1. The fraction of sp³-hybridized carbons (Fsp3) is 0.316. The molecule has 0 bridgehead atoms. The largest absolute Gasteiger partial charge is 0.343 e. The fourth-order valence-corrected chi connectivity index (χ4v) is 3.31. The van der Waals surface area contributed by atoms with Crippen molar-refractivity contribution in [2.45, 2.75) is 19.0 Å². The van der Waals surface area contributed by atoms with Crippen LogP contribution in [0.1, 0.15) is 22.7 Å². The minimum atomic E-state index is -0.121. The van der Waals surface area contributed by atoms with Gasteiger partial charge >= 0.3 is 0 Å². The zero-order valence-electron chi connectivity index (χ0n) is 13.3. The molecule has 22 heavy (non-hydrogen) atoms. The van der Waals surface area contributed by atoms with Crippen molar-refractivity contribution in [1.82, 2.24) is 4.90 Å². The molecule has 2 aromatic rings. The maximum atomic E-state index is 12.8. The third kappa shape index (κ3) is 2.90. The number of carbonyl (C=O) groups is 1. The minimum Gasteiger partial charge on any atom is -0.343 e. The highest BCUT2D eigenvalue weighted by molar-refractivity contribution is 5.81. The van der Waals surface area contributed by atoms with Gasteiger partial charge in [-0.25, -0.2) is 0 Å². The van der Waals surface area contributed by atoms with Gasteiger partial charge in [-0.1, -0.05) is 54.6 Å². The number of nitrogens with zero attached hydrogens (tertiary/aromatic N) is 1. The Morgan fingerprint density at radius 1 is 1.00 bits per heavy atom. The molecule has 2 aromatic carbocycles. The van der Waals surface area contributed by atoms with Crippen molar-refractivity contribution in [3.63, 3.8) is 0 Å². The van der Waals surface area contributed by atoms with Crippen LogP contribution in [0, 0.1) is 0 Å². The van der Waals surface area contributed by atoms with Crippen LogP contribution in [0.25, 0.3) is 0 Å². The first-order valence-electron chi connectivity index (χ1n) is 7.84. The van der Waals surface area contributed by atoms with E-state index in [1.54, 1.807) is 4.90 Å². The molecule has 3 heteroatoms. The zero-order valence-corrected chi connectivity index (χ0v) is 13.3. The number of benzene rings is 2. The zero-order chi connectivity index (χ0) is 15.5. The Kier molecular flexibility index (Phi) is 4.25. The van der Waals surface area contributed by atoms with E-state index in [2.05, 4.69) is 36.4 Å². The first-order valence-corrected chi connectivity index (χ1v) is 7.84. The third-order valence-corrected chi connectivity index (χ3v) is 4.48. The van der Waals surface area contributed by atoms with E-state index < -0.39 is 0 Å². The van der Waals surface area contributed by atoms with Crippen molar-refractivity contribution in [2.24, 2.45) is 0 Å². The number of carbonyl (C=O) groups excluding carboxylic acids is 1. The van der Waals surface area contributed by atoms with Gasteiger partial charge in [0.05, 0.1) is 6.54 Å². The summed E-state index contributed by atoms with van der Waals surface area (Å²) in [4.78, 5) is 15.8. The SMILES string of the molecule is CN(C)C(=O)[C@@H](c1ccccc1)[NH+]1CCc2ccccc2C1. The number of quaternary nitrogens is 1. The van der Waals surface area contributed by atoms with Crippen LogP contribution in [0.3, 0.4) is 0 Å². The predicted octanol–water partition coefficient (Wildman–Crippen LogP) is 1.46. The Bertz CT molecular complexity index is 651. The lowest BCUT2D eigenvalue weighted by molar-refractivity contribution is -0.937. The molecule has 2 atom stereocenters. The summed E-state index contributed by atoms with van der Waals surface area (Å²) in [5, 5.41) is 0.